The Morgan fingerprint density at radius 2 is 1.82 bits per heavy atom. The number of likely N-dealkylation sites (tertiary alicyclic amines) is 1. The number of halogens is 2. The monoisotopic (exact) mass is 547 g/mol. The summed E-state index contributed by atoms with van der Waals surface area (Å²) in [6.07, 6.45) is 6.46. The standard InChI is InChI=1S/C27H27Cl2N9/c28-19-3-6-21(22(29)14-19)23-15-24-35-26(17-7-12-37(13-8-17)20-4-5-20)36-38(24)27(34-23)33-11-10-32-25-18(16-30)2-1-9-31-25/h1-3,6,9,14-15,17,20H,4-5,7-8,10-13H2,(H,31,32)(H,33,34). The van der Waals surface area contributed by atoms with Crippen LogP contribution in [0.1, 0.15) is 43.0 Å². The number of nitrogens with zero attached hydrogens (tertiary/aromatic N) is 7. The van der Waals surface area contributed by atoms with Gasteiger partial charge in [-0.25, -0.2) is 15.0 Å². The second-order valence-corrected chi connectivity index (χ2v) is 10.6. The summed E-state index contributed by atoms with van der Waals surface area (Å²) in [6.45, 7) is 3.26. The van der Waals surface area contributed by atoms with Gasteiger partial charge >= 0.3 is 0 Å². The molecule has 3 aromatic heterocycles. The summed E-state index contributed by atoms with van der Waals surface area (Å²) < 4.78 is 1.78. The number of aromatic nitrogens is 5. The van der Waals surface area contributed by atoms with Gasteiger partial charge in [-0.15, -0.1) is 5.10 Å². The van der Waals surface area contributed by atoms with Crippen molar-refractivity contribution in [1.82, 2.24) is 29.5 Å². The number of benzene rings is 1. The first kappa shape index (κ1) is 24.9. The van der Waals surface area contributed by atoms with Gasteiger partial charge in [0.1, 0.15) is 11.9 Å². The Kier molecular flexibility index (Phi) is 7.02. The zero-order valence-corrected chi connectivity index (χ0v) is 22.3. The second-order valence-electron chi connectivity index (χ2n) is 9.74. The van der Waals surface area contributed by atoms with Gasteiger partial charge in [0.25, 0.3) is 0 Å². The molecular weight excluding hydrogens is 521 g/mol. The predicted octanol–water partition coefficient (Wildman–Crippen LogP) is 5.23. The lowest BCUT2D eigenvalue weighted by molar-refractivity contribution is 0.200. The van der Waals surface area contributed by atoms with E-state index in [2.05, 4.69) is 26.6 Å². The number of anilines is 2. The third kappa shape index (κ3) is 5.25. The van der Waals surface area contributed by atoms with Crippen LogP contribution in [0.15, 0.2) is 42.6 Å². The third-order valence-corrected chi connectivity index (χ3v) is 7.68. The molecule has 1 saturated carbocycles. The highest BCUT2D eigenvalue weighted by Crippen LogP contribution is 2.35. The van der Waals surface area contributed by atoms with Crippen molar-refractivity contribution < 1.29 is 0 Å². The van der Waals surface area contributed by atoms with Gasteiger partial charge in [-0.05, 0) is 69.1 Å². The van der Waals surface area contributed by atoms with Gasteiger partial charge in [0, 0.05) is 47.9 Å². The van der Waals surface area contributed by atoms with Crippen LogP contribution in [0.4, 0.5) is 11.8 Å². The number of hydrogen-bond donors (Lipinski definition) is 2. The van der Waals surface area contributed by atoms with Crippen molar-refractivity contribution in [3.05, 3.63) is 64.0 Å². The topological polar surface area (TPSA) is 107 Å². The van der Waals surface area contributed by atoms with Gasteiger partial charge in [0.2, 0.25) is 5.95 Å². The van der Waals surface area contributed by atoms with Crippen LogP contribution in [0, 0.1) is 11.3 Å². The molecule has 0 spiro atoms. The molecule has 1 saturated heterocycles. The van der Waals surface area contributed by atoms with Crippen molar-refractivity contribution in [2.75, 3.05) is 36.8 Å². The molecule has 1 aromatic carbocycles. The quantitative estimate of drug-likeness (QED) is 0.288. The van der Waals surface area contributed by atoms with Crippen LogP contribution in [-0.2, 0) is 0 Å². The van der Waals surface area contributed by atoms with Gasteiger partial charge < -0.3 is 15.5 Å². The van der Waals surface area contributed by atoms with Crippen LogP contribution in [-0.4, -0.2) is 61.7 Å². The van der Waals surface area contributed by atoms with Crippen LogP contribution in [0.5, 0.6) is 0 Å². The van der Waals surface area contributed by atoms with E-state index in [1.807, 2.05) is 12.1 Å². The molecule has 0 radical (unpaired) electrons. The maximum Gasteiger partial charge on any atom is 0.226 e. The predicted molar refractivity (Wildman–Crippen MR) is 149 cm³/mol. The molecule has 1 aliphatic carbocycles. The zero-order valence-electron chi connectivity index (χ0n) is 20.7. The Balaban J connectivity index is 1.26. The average molecular weight is 548 g/mol. The normalized spacial score (nSPS) is 16.4. The summed E-state index contributed by atoms with van der Waals surface area (Å²) in [5, 5.41) is 21.9. The average Bonchev–Trinajstić information content (AvgIpc) is 3.69. The molecule has 0 atom stereocenters. The van der Waals surface area contributed by atoms with Crippen molar-refractivity contribution in [2.24, 2.45) is 0 Å². The Morgan fingerprint density at radius 3 is 2.58 bits per heavy atom. The van der Waals surface area contributed by atoms with Gasteiger partial charge in [-0.3, -0.25) is 0 Å². The highest BCUT2D eigenvalue weighted by atomic mass is 35.5. The first-order valence-electron chi connectivity index (χ1n) is 12.9. The summed E-state index contributed by atoms with van der Waals surface area (Å²) in [6, 6.07) is 13.7. The largest absolute Gasteiger partial charge is 0.367 e. The number of nitriles is 1. The summed E-state index contributed by atoms with van der Waals surface area (Å²) in [7, 11) is 0. The minimum absolute atomic E-state index is 0.329. The maximum atomic E-state index is 9.31. The van der Waals surface area contributed by atoms with Gasteiger partial charge in [-0.2, -0.15) is 9.78 Å². The van der Waals surface area contributed by atoms with E-state index < -0.39 is 0 Å². The smallest absolute Gasteiger partial charge is 0.226 e. The summed E-state index contributed by atoms with van der Waals surface area (Å²) >= 11 is 12.7. The van der Waals surface area contributed by atoms with E-state index in [4.69, 9.17) is 38.3 Å². The number of nitrogens with one attached hydrogen (secondary N) is 2. The summed E-state index contributed by atoms with van der Waals surface area (Å²) in [5.41, 5.74) is 2.68. The fourth-order valence-corrected chi connectivity index (χ4v) is 5.49. The molecule has 2 aliphatic rings. The highest BCUT2D eigenvalue weighted by molar-refractivity contribution is 6.36. The SMILES string of the molecule is N#Cc1cccnc1NCCNc1nc(-c2ccc(Cl)cc2Cl)cc2nc(C3CCN(C4CC4)CC3)nn12. The van der Waals surface area contributed by atoms with E-state index >= 15 is 0 Å². The molecule has 11 heteroatoms. The molecule has 2 N–H and O–H groups in total. The minimum atomic E-state index is 0.329. The lowest BCUT2D eigenvalue weighted by atomic mass is 9.96. The van der Waals surface area contributed by atoms with Gasteiger partial charge in [0.15, 0.2) is 11.5 Å². The van der Waals surface area contributed by atoms with E-state index in [9.17, 15) is 5.26 Å². The lowest BCUT2D eigenvalue weighted by Gasteiger charge is -2.30. The molecule has 6 rings (SSSR count). The van der Waals surface area contributed by atoms with E-state index in [1.54, 1.807) is 35.0 Å². The molecule has 2 fully saturated rings. The highest BCUT2D eigenvalue weighted by Gasteiger charge is 2.33. The molecule has 4 aromatic rings. The van der Waals surface area contributed by atoms with Crippen LogP contribution in [0.3, 0.4) is 0 Å². The number of pyridine rings is 1. The molecule has 4 heterocycles. The number of piperidine rings is 1. The molecule has 0 unspecified atom stereocenters. The molecule has 9 nitrogen and oxygen atoms in total. The first-order chi connectivity index (χ1) is 18.6. The second kappa shape index (κ2) is 10.7. The first-order valence-corrected chi connectivity index (χ1v) is 13.6. The van der Waals surface area contributed by atoms with Crippen molar-refractivity contribution in [2.45, 2.75) is 37.6 Å². The van der Waals surface area contributed by atoms with Crippen molar-refractivity contribution in [1.29, 1.82) is 5.26 Å². The van der Waals surface area contributed by atoms with E-state index in [0.29, 0.717) is 57.7 Å². The Hall–Kier alpha value is -3.45. The Bertz CT molecular complexity index is 1500. The molecule has 38 heavy (non-hydrogen) atoms. The summed E-state index contributed by atoms with van der Waals surface area (Å²) in [4.78, 5) is 16.7. The number of hydrogen-bond acceptors (Lipinski definition) is 8. The fourth-order valence-electron chi connectivity index (χ4n) is 4.98. The van der Waals surface area contributed by atoms with Gasteiger partial charge in [-0.1, -0.05) is 23.2 Å². The Morgan fingerprint density at radius 1 is 1.00 bits per heavy atom. The fraction of sp³-hybridized carbons (Fsp3) is 0.370. The molecule has 1 aliphatic heterocycles. The minimum Gasteiger partial charge on any atom is -0.367 e. The van der Waals surface area contributed by atoms with Crippen molar-refractivity contribution in [3.63, 3.8) is 0 Å². The lowest BCUT2D eigenvalue weighted by Crippen LogP contribution is -2.34. The molecule has 194 valence electrons. The molecule has 0 amide bonds. The van der Waals surface area contributed by atoms with Crippen molar-refractivity contribution >= 4 is 40.6 Å². The van der Waals surface area contributed by atoms with Crippen LogP contribution < -0.4 is 10.6 Å². The number of rotatable bonds is 8. The molecular formula is C27H27Cl2N9. The third-order valence-electron chi connectivity index (χ3n) is 7.14. The zero-order chi connectivity index (χ0) is 26.1. The maximum absolute atomic E-state index is 9.31. The van der Waals surface area contributed by atoms with Crippen LogP contribution >= 0.6 is 23.2 Å². The summed E-state index contributed by atoms with van der Waals surface area (Å²) in [5.74, 6) is 2.31. The van der Waals surface area contributed by atoms with Crippen LogP contribution in [0.25, 0.3) is 16.9 Å². The van der Waals surface area contributed by atoms with E-state index in [1.165, 1.54) is 12.8 Å². The number of fused-ring (bicyclic) bond motifs is 1. The van der Waals surface area contributed by atoms with Crippen molar-refractivity contribution in [3.8, 4) is 17.3 Å². The van der Waals surface area contributed by atoms with Crippen LogP contribution in [0.2, 0.25) is 10.0 Å². The van der Waals surface area contributed by atoms with E-state index in [0.717, 1.165) is 43.4 Å². The molecule has 0 bridgehead atoms. The van der Waals surface area contributed by atoms with E-state index in [-0.39, 0.29) is 0 Å². The Labute approximate surface area is 230 Å². The van der Waals surface area contributed by atoms with Gasteiger partial charge in [0.05, 0.1) is 16.3 Å².